The number of benzene rings is 1. The Bertz CT molecular complexity index is 450. The first-order chi connectivity index (χ1) is 7.45. The van der Waals surface area contributed by atoms with E-state index in [-0.39, 0.29) is 6.04 Å². The summed E-state index contributed by atoms with van der Waals surface area (Å²) in [5, 5.41) is 0. The molecular weight excluding hydrogens is 188 g/mol. The molecule has 15 heavy (non-hydrogen) atoms. The van der Waals surface area contributed by atoms with E-state index >= 15 is 0 Å². The van der Waals surface area contributed by atoms with Crippen molar-refractivity contribution in [2.45, 2.75) is 12.6 Å². The zero-order valence-corrected chi connectivity index (χ0v) is 8.34. The van der Waals surface area contributed by atoms with Gasteiger partial charge < -0.3 is 9.30 Å². The van der Waals surface area contributed by atoms with Crippen LogP contribution in [0.1, 0.15) is 17.3 Å². The number of hydrogen-bond donors (Lipinski definition) is 0. The second-order valence-electron chi connectivity index (χ2n) is 3.73. The van der Waals surface area contributed by atoms with Gasteiger partial charge in [0.1, 0.15) is 0 Å². The number of nitrogens with zero attached hydrogens (tertiary/aromatic N) is 2. The van der Waals surface area contributed by atoms with Gasteiger partial charge in [0.25, 0.3) is 0 Å². The second kappa shape index (κ2) is 3.51. The Kier molecular flexibility index (Phi) is 2.03. The Balaban J connectivity index is 2.03. The number of ether oxygens (including phenoxy) is 1. The van der Waals surface area contributed by atoms with Crippen LogP contribution in [0.3, 0.4) is 0 Å². The molecule has 3 rings (SSSR count). The van der Waals surface area contributed by atoms with Crippen LogP contribution in [0.15, 0.2) is 42.9 Å². The first-order valence-corrected chi connectivity index (χ1v) is 5.08. The van der Waals surface area contributed by atoms with E-state index in [0.29, 0.717) is 6.61 Å². The molecule has 1 aromatic carbocycles. The summed E-state index contributed by atoms with van der Waals surface area (Å²) in [6.07, 6.45) is 3.75. The van der Waals surface area contributed by atoms with E-state index in [1.54, 1.807) is 0 Å². The fourth-order valence-electron chi connectivity index (χ4n) is 2.01. The standard InChI is InChI=1S/C12H12N2O/c1-2-4-10(5-3-1)12-8-15-7-11-6-13-9-14(11)12/h1-6,9,12H,7-8H2. The number of aromatic nitrogens is 2. The molecule has 0 radical (unpaired) electrons. The van der Waals surface area contributed by atoms with Crippen molar-refractivity contribution >= 4 is 0 Å². The molecule has 0 fully saturated rings. The van der Waals surface area contributed by atoms with Gasteiger partial charge in [-0.3, -0.25) is 0 Å². The average molecular weight is 200 g/mol. The Labute approximate surface area is 88.3 Å². The van der Waals surface area contributed by atoms with Gasteiger partial charge in [0.2, 0.25) is 0 Å². The second-order valence-corrected chi connectivity index (χ2v) is 3.73. The summed E-state index contributed by atoms with van der Waals surface area (Å²) in [6, 6.07) is 10.7. The molecule has 0 amide bonds. The molecule has 2 aromatic rings. The lowest BCUT2D eigenvalue weighted by atomic mass is 10.1. The van der Waals surface area contributed by atoms with Crippen molar-refractivity contribution in [3.8, 4) is 0 Å². The molecule has 0 N–H and O–H groups in total. The van der Waals surface area contributed by atoms with E-state index < -0.39 is 0 Å². The Hall–Kier alpha value is -1.61. The third-order valence-corrected chi connectivity index (χ3v) is 2.79. The van der Waals surface area contributed by atoms with Crippen LogP contribution in [0.5, 0.6) is 0 Å². The van der Waals surface area contributed by atoms with Crippen LogP contribution in [0.25, 0.3) is 0 Å². The summed E-state index contributed by atoms with van der Waals surface area (Å²) >= 11 is 0. The lowest BCUT2D eigenvalue weighted by molar-refractivity contribution is 0.0696. The van der Waals surface area contributed by atoms with Gasteiger partial charge in [0.15, 0.2) is 0 Å². The van der Waals surface area contributed by atoms with Gasteiger partial charge in [-0.05, 0) is 5.56 Å². The SMILES string of the molecule is c1ccc(C2COCc3cncn32)cc1. The van der Waals surface area contributed by atoms with Crippen LogP contribution in [0.4, 0.5) is 0 Å². The highest BCUT2D eigenvalue weighted by atomic mass is 16.5. The van der Waals surface area contributed by atoms with Gasteiger partial charge in [0, 0.05) is 0 Å². The predicted octanol–water partition coefficient (Wildman–Crippen LogP) is 2.00. The summed E-state index contributed by atoms with van der Waals surface area (Å²) in [4.78, 5) is 4.16. The normalized spacial score (nSPS) is 19.9. The molecule has 0 spiro atoms. The molecule has 1 aliphatic rings. The van der Waals surface area contributed by atoms with E-state index in [4.69, 9.17) is 4.74 Å². The van der Waals surface area contributed by atoms with E-state index in [0.717, 1.165) is 12.3 Å². The van der Waals surface area contributed by atoms with E-state index in [1.165, 1.54) is 5.56 Å². The first kappa shape index (κ1) is 8.68. The zero-order valence-electron chi connectivity index (χ0n) is 8.34. The quantitative estimate of drug-likeness (QED) is 0.704. The van der Waals surface area contributed by atoms with Crippen molar-refractivity contribution in [3.63, 3.8) is 0 Å². The molecule has 3 heteroatoms. The van der Waals surface area contributed by atoms with Gasteiger partial charge in [-0.15, -0.1) is 0 Å². The molecule has 0 bridgehead atoms. The number of imidazole rings is 1. The summed E-state index contributed by atoms with van der Waals surface area (Å²) in [6.45, 7) is 1.40. The van der Waals surface area contributed by atoms with E-state index in [9.17, 15) is 0 Å². The van der Waals surface area contributed by atoms with Gasteiger partial charge in [-0.2, -0.15) is 0 Å². The van der Waals surface area contributed by atoms with Gasteiger partial charge in [-0.25, -0.2) is 4.98 Å². The third kappa shape index (κ3) is 1.45. The highest BCUT2D eigenvalue weighted by molar-refractivity contribution is 5.22. The average Bonchev–Trinajstić information content (AvgIpc) is 2.78. The van der Waals surface area contributed by atoms with Crippen LogP contribution >= 0.6 is 0 Å². The van der Waals surface area contributed by atoms with Crippen molar-refractivity contribution in [2.24, 2.45) is 0 Å². The van der Waals surface area contributed by atoms with Crippen molar-refractivity contribution in [1.82, 2.24) is 9.55 Å². The molecular formula is C12H12N2O. The fourth-order valence-corrected chi connectivity index (χ4v) is 2.01. The molecule has 1 aromatic heterocycles. The Morgan fingerprint density at radius 1 is 1.27 bits per heavy atom. The topological polar surface area (TPSA) is 27.1 Å². The molecule has 2 heterocycles. The molecule has 1 unspecified atom stereocenters. The van der Waals surface area contributed by atoms with E-state index in [1.807, 2.05) is 18.6 Å². The molecule has 0 saturated heterocycles. The highest BCUT2D eigenvalue weighted by Gasteiger charge is 2.20. The lowest BCUT2D eigenvalue weighted by Crippen LogP contribution is -2.23. The first-order valence-electron chi connectivity index (χ1n) is 5.08. The van der Waals surface area contributed by atoms with Crippen molar-refractivity contribution < 1.29 is 4.74 Å². The molecule has 0 saturated carbocycles. The maximum absolute atomic E-state index is 5.56. The minimum absolute atomic E-state index is 0.275. The fraction of sp³-hybridized carbons (Fsp3) is 0.250. The number of fused-ring (bicyclic) bond motifs is 1. The lowest BCUT2D eigenvalue weighted by Gasteiger charge is -2.25. The zero-order chi connectivity index (χ0) is 10.1. The summed E-state index contributed by atoms with van der Waals surface area (Å²) < 4.78 is 7.75. The Morgan fingerprint density at radius 2 is 2.13 bits per heavy atom. The van der Waals surface area contributed by atoms with Crippen LogP contribution in [-0.4, -0.2) is 16.2 Å². The van der Waals surface area contributed by atoms with Crippen molar-refractivity contribution in [3.05, 3.63) is 54.1 Å². The molecule has 3 nitrogen and oxygen atoms in total. The van der Waals surface area contributed by atoms with Gasteiger partial charge in [0.05, 0.1) is 37.5 Å². The molecule has 0 aliphatic carbocycles. The van der Waals surface area contributed by atoms with E-state index in [2.05, 4.69) is 33.8 Å². The van der Waals surface area contributed by atoms with Crippen LogP contribution in [0.2, 0.25) is 0 Å². The van der Waals surface area contributed by atoms with Crippen molar-refractivity contribution in [1.29, 1.82) is 0 Å². The maximum Gasteiger partial charge on any atom is 0.0955 e. The van der Waals surface area contributed by atoms with Crippen molar-refractivity contribution in [2.75, 3.05) is 6.61 Å². The monoisotopic (exact) mass is 200 g/mol. The van der Waals surface area contributed by atoms with Gasteiger partial charge in [-0.1, -0.05) is 30.3 Å². The predicted molar refractivity (Wildman–Crippen MR) is 56.5 cm³/mol. The summed E-state index contributed by atoms with van der Waals surface area (Å²) in [5.41, 5.74) is 2.42. The summed E-state index contributed by atoms with van der Waals surface area (Å²) in [7, 11) is 0. The number of rotatable bonds is 1. The summed E-state index contributed by atoms with van der Waals surface area (Å²) in [5.74, 6) is 0. The minimum atomic E-state index is 0.275. The molecule has 1 atom stereocenters. The highest BCUT2D eigenvalue weighted by Crippen LogP contribution is 2.24. The third-order valence-electron chi connectivity index (χ3n) is 2.79. The van der Waals surface area contributed by atoms with Crippen LogP contribution in [0, 0.1) is 0 Å². The molecule has 76 valence electrons. The van der Waals surface area contributed by atoms with Crippen LogP contribution in [-0.2, 0) is 11.3 Å². The smallest absolute Gasteiger partial charge is 0.0955 e. The Morgan fingerprint density at radius 3 is 3.00 bits per heavy atom. The van der Waals surface area contributed by atoms with Crippen LogP contribution < -0.4 is 0 Å². The molecule has 1 aliphatic heterocycles. The maximum atomic E-state index is 5.56. The number of hydrogen-bond acceptors (Lipinski definition) is 2. The minimum Gasteiger partial charge on any atom is -0.373 e. The largest absolute Gasteiger partial charge is 0.373 e. The van der Waals surface area contributed by atoms with Gasteiger partial charge >= 0.3 is 0 Å².